The van der Waals surface area contributed by atoms with E-state index in [-0.39, 0.29) is 5.91 Å². The van der Waals surface area contributed by atoms with Gasteiger partial charge in [-0.15, -0.1) is 0 Å². The lowest BCUT2D eigenvalue weighted by Crippen LogP contribution is -2.59. The Balaban J connectivity index is 2.12. The van der Waals surface area contributed by atoms with Crippen molar-refractivity contribution in [1.82, 2.24) is 9.80 Å². The lowest BCUT2D eigenvalue weighted by molar-refractivity contribution is -0.144. The summed E-state index contributed by atoms with van der Waals surface area (Å²) in [7, 11) is 2.11. The van der Waals surface area contributed by atoms with Gasteiger partial charge in [-0.25, -0.2) is 0 Å². The zero-order valence-electron chi connectivity index (χ0n) is 12.4. The van der Waals surface area contributed by atoms with Gasteiger partial charge < -0.3 is 4.90 Å². The molecule has 2 aliphatic rings. The molecule has 1 heterocycles. The SMILES string of the molecule is CC1CN(C(=O)C2(C#N)CCCCC2)CC(C)N1C. The topological polar surface area (TPSA) is 47.3 Å². The Hall–Kier alpha value is -1.08. The molecule has 2 fully saturated rings. The third-order valence-corrected chi connectivity index (χ3v) is 4.98. The highest BCUT2D eigenvalue weighted by Gasteiger charge is 2.44. The van der Waals surface area contributed by atoms with Gasteiger partial charge in [-0.2, -0.15) is 5.26 Å². The van der Waals surface area contributed by atoms with Crippen molar-refractivity contribution in [2.45, 2.75) is 58.0 Å². The first-order chi connectivity index (χ1) is 9.00. The summed E-state index contributed by atoms with van der Waals surface area (Å²) < 4.78 is 0. The van der Waals surface area contributed by atoms with Gasteiger partial charge in [0.1, 0.15) is 5.41 Å². The van der Waals surface area contributed by atoms with E-state index in [4.69, 9.17) is 0 Å². The molecule has 0 aromatic carbocycles. The molecule has 0 aromatic rings. The van der Waals surface area contributed by atoms with Crippen molar-refractivity contribution in [3.8, 4) is 6.07 Å². The number of amides is 1. The van der Waals surface area contributed by atoms with Crippen LogP contribution in [0, 0.1) is 16.7 Å². The monoisotopic (exact) mass is 263 g/mol. The fraction of sp³-hybridized carbons (Fsp3) is 0.867. The predicted octanol–water partition coefficient (Wildman–Crippen LogP) is 2.01. The number of nitriles is 1. The van der Waals surface area contributed by atoms with Crippen molar-refractivity contribution in [1.29, 1.82) is 5.26 Å². The summed E-state index contributed by atoms with van der Waals surface area (Å²) in [6.45, 7) is 5.80. The normalized spacial score (nSPS) is 31.8. The minimum atomic E-state index is -0.729. The van der Waals surface area contributed by atoms with E-state index in [2.05, 4.69) is 31.9 Å². The molecule has 1 aliphatic carbocycles. The highest BCUT2D eigenvalue weighted by Crippen LogP contribution is 2.38. The second-order valence-corrected chi connectivity index (χ2v) is 6.33. The van der Waals surface area contributed by atoms with Gasteiger partial charge in [-0.05, 0) is 33.7 Å². The average molecular weight is 263 g/mol. The van der Waals surface area contributed by atoms with Crippen LogP contribution >= 0.6 is 0 Å². The molecule has 2 unspecified atom stereocenters. The lowest BCUT2D eigenvalue weighted by atomic mass is 9.74. The standard InChI is InChI=1S/C15H25N3O/c1-12-9-18(10-13(2)17(12)3)14(19)15(11-16)7-5-4-6-8-15/h12-13H,4-10H2,1-3H3. The van der Waals surface area contributed by atoms with E-state index in [0.29, 0.717) is 12.1 Å². The Morgan fingerprint density at radius 3 is 2.16 bits per heavy atom. The zero-order chi connectivity index (χ0) is 14.0. The van der Waals surface area contributed by atoms with Gasteiger partial charge in [0, 0.05) is 25.2 Å². The molecule has 1 saturated carbocycles. The maximum absolute atomic E-state index is 12.8. The van der Waals surface area contributed by atoms with E-state index in [1.165, 1.54) is 0 Å². The van der Waals surface area contributed by atoms with Crippen LogP contribution in [0.3, 0.4) is 0 Å². The summed E-state index contributed by atoms with van der Waals surface area (Å²) in [6.07, 6.45) is 4.68. The minimum Gasteiger partial charge on any atom is -0.338 e. The van der Waals surface area contributed by atoms with Gasteiger partial charge >= 0.3 is 0 Å². The van der Waals surface area contributed by atoms with Crippen LogP contribution in [0.5, 0.6) is 0 Å². The Bertz CT molecular complexity index is 369. The molecule has 2 rings (SSSR count). The highest BCUT2D eigenvalue weighted by molar-refractivity contribution is 5.85. The van der Waals surface area contributed by atoms with Crippen molar-refractivity contribution >= 4 is 5.91 Å². The third-order valence-electron chi connectivity index (χ3n) is 4.98. The summed E-state index contributed by atoms with van der Waals surface area (Å²) >= 11 is 0. The van der Waals surface area contributed by atoms with Crippen molar-refractivity contribution < 1.29 is 4.79 Å². The van der Waals surface area contributed by atoms with E-state index in [9.17, 15) is 10.1 Å². The van der Waals surface area contributed by atoms with Crippen LogP contribution in [0.25, 0.3) is 0 Å². The quantitative estimate of drug-likeness (QED) is 0.727. The van der Waals surface area contributed by atoms with Crippen molar-refractivity contribution in [3.05, 3.63) is 0 Å². The summed E-state index contributed by atoms with van der Waals surface area (Å²) in [6, 6.07) is 3.09. The van der Waals surface area contributed by atoms with E-state index in [0.717, 1.165) is 45.2 Å². The molecule has 1 amide bonds. The number of carbonyl (C=O) groups excluding carboxylic acids is 1. The molecule has 0 radical (unpaired) electrons. The van der Waals surface area contributed by atoms with Gasteiger partial charge in [-0.3, -0.25) is 9.69 Å². The molecule has 0 N–H and O–H groups in total. The summed E-state index contributed by atoms with van der Waals surface area (Å²) in [4.78, 5) is 17.0. The Kier molecular flexibility index (Phi) is 4.15. The number of carbonyl (C=O) groups is 1. The fourth-order valence-corrected chi connectivity index (χ4v) is 3.40. The van der Waals surface area contributed by atoms with E-state index in [1.807, 2.05) is 4.90 Å². The van der Waals surface area contributed by atoms with Crippen LogP contribution < -0.4 is 0 Å². The first-order valence-electron chi connectivity index (χ1n) is 7.43. The first-order valence-corrected chi connectivity index (χ1v) is 7.43. The highest BCUT2D eigenvalue weighted by atomic mass is 16.2. The summed E-state index contributed by atoms with van der Waals surface area (Å²) in [5, 5.41) is 9.52. The van der Waals surface area contributed by atoms with E-state index >= 15 is 0 Å². The van der Waals surface area contributed by atoms with Crippen LogP contribution in [0.2, 0.25) is 0 Å². The van der Waals surface area contributed by atoms with Crippen LogP contribution in [0.15, 0.2) is 0 Å². The Labute approximate surface area is 116 Å². The number of hydrogen-bond acceptors (Lipinski definition) is 3. The second-order valence-electron chi connectivity index (χ2n) is 6.33. The number of hydrogen-bond donors (Lipinski definition) is 0. The number of rotatable bonds is 1. The average Bonchev–Trinajstić information content (AvgIpc) is 2.44. The van der Waals surface area contributed by atoms with Gasteiger partial charge in [0.25, 0.3) is 0 Å². The van der Waals surface area contributed by atoms with Crippen LogP contribution in [0.4, 0.5) is 0 Å². The van der Waals surface area contributed by atoms with Crippen LogP contribution in [-0.4, -0.2) is 47.9 Å². The molecule has 4 nitrogen and oxygen atoms in total. The molecule has 0 spiro atoms. The first kappa shape index (κ1) is 14.3. The molecule has 0 aromatic heterocycles. The fourth-order valence-electron chi connectivity index (χ4n) is 3.40. The summed E-state index contributed by atoms with van der Waals surface area (Å²) in [5.74, 6) is 0.0847. The number of likely N-dealkylation sites (N-methyl/N-ethyl adjacent to an activating group) is 1. The van der Waals surface area contributed by atoms with Gasteiger partial charge in [0.05, 0.1) is 6.07 Å². The van der Waals surface area contributed by atoms with Gasteiger partial charge in [0.2, 0.25) is 5.91 Å². The van der Waals surface area contributed by atoms with Crippen molar-refractivity contribution in [2.75, 3.05) is 20.1 Å². The maximum atomic E-state index is 12.8. The van der Waals surface area contributed by atoms with E-state index in [1.54, 1.807) is 0 Å². The zero-order valence-corrected chi connectivity index (χ0v) is 12.4. The molecular formula is C15H25N3O. The number of piperazine rings is 1. The smallest absolute Gasteiger partial charge is 0.243 e. The third kappa shape index (κ3) is 2.62. The maximum Gasteiger partial charge on any atom is 0.243 e. The Morgan fingerprint density at radius 2 is 1.68 bits per heavy atom. The van der Waals surface area contributed by atoms with Gasteiger partial charge in [0.15, 0.2) is 0 Å². The summed E-state index contributed by atoms with van der Waals surface area (Å²) in [5.41, 5.74) is -0.729. The van der Waals surface area contributed by atoms with E-state index < -0.39 is 5.41 Å². The second kappa shape index (κ2) is 5.50. The predicted molar refractivity (Wildman–Crippen MR) is 74.4 cm³/mol. The van der Waals surface area contributed by atoms with Crippen LogP contribution in [-0.2, 0) is 4.79 Å². The van der Waals surface area contributed by atoms with Crippen LogP contribution in [0.1, 0.15) is 46.0 Å². The van der Waals surface area contributed by atoms with Gasteiger partial charge in [-0.1, -0.05) is 19.3 Å². The number of nitrogens with zero attached hydrogens (tertiary/aromatic N) is 3. The van der Waals surface area contributed by atoms with Crippen molar-refractivity contribution in [2.24, 2.45) is 5.41 Å². The molecule has 106 valence electrons. The molecule has 1 saturated heterocycles. The molecule has 2 atom stereocenters. The molecular weight excluding hydrogens is 238 g/mol. The molecule has 1 aliphatic heterocycles. The largest absolute Gasteiger partial charge is 0.338 e. The Morgan fingerprint density at radius 1 is 1.16 bits per heavy atom. The molecule has 0 bridgehead atoms. The molecule has 4 heteroatoms. The minimum absolute atomic E-state index is 0.0847. The lowest BCUT2D eigenvalue weighted by Gasteiger charge is -2.45. The van der Waals surface area contributed by atoms with Crippen molar-refractivity contribution in [3.63, 3.8) is 0 Å². The molecule has 19 heavy (non-hydrogen) atoms.